The number of nitrogens with zero attached hydrogens (tertiary/aromatic N) is 6. The minimum Gasteiger partial charge on any atom is -0.354 e. The lowest BCUT2D eigenvalue weighted by Crippen LogP contribution is -2.44. The molecule has 2 amide bonds. The summed E-state index contributed by atoms with van der Waals surface area (Å²) in [6, 6.07) is 5.44. The summed E-state index contributed by atoms with van der Waals surface area (Å²) in [7, 11) is 0. The minimum atomic E-state index is -0.0887. The number of aromatic nitrogens is 5. The first kappa shape index (κ1) is 19.1. The Morgan fingerprint density at radius 3 is 2.86 bits per heavy atom. The summed E-state index contributed by atoms with van der Waals surface area (Å²) in [4.78, 5) is 31.2. The Balaban J connectivity index is 1.32. The van der Waals surface area contributed by atoms with Crippen molar-refractivity contribution in [2.45, 2.75) is 33.2 Å². The second-order valence-electron chi connectivity index (χ2n) is 7.60. The lowest BCUT2D eigenvalue weighted by Gasteiger charge is -2.32. The van der Waals surface area contributed by atoms with E-state index in [2.05, 4.69) is 20.5 Å². The average molecular weight is 395 g/mol. The second kappa shape index (κ2) is 8.02. The molecule has 1 N–H and O–H groups in total. The van der Waals surface area contributed by atoms with E-state index < -0.39 is 0 Å². The van der Waals surface area contributed by atoms with Gasteiger partial charge in [-0.1, -0.05) is 0 Å². The van der Waals surface area contributed by atoms with Crippen molar-refractivity contribution in [2.24, 2.45) is 5.92 Å². The molecule has 9 heteroatoms. The zero-order valence-electron chi connectivity index (χ0n) is 16.7. The number of hydrogen-bond acceptors (Lipinski definition) is 5. The number of carbonyl (C=O) groups is 2. The van der Waals surface area contributed by atoms with Crippen molar-refractivity contribution in [2.75, 3.05) is 19.6 Å². The van der Waals surface area contributed by atoms with Gasteiger partial charge >= 0.3 is 0 Å². The quantitative estimate of drug-likeness (QED) is 0.700. The van der Waals surface area contributed by atoms with Crippen molar-refractivity contribution in [3.8, 4) is 0 Å². The smallest absolute Gasteiger partial charge is 0.274 e. The topological polar surface area (TPSA) is 97.4 Å². The van der Waals surface area contributed by atoms with Gasteiger partial charge in [0.1, 0.15) is 6.54 Å². The van der Waals surface area contributed by atoms with Crippen LogP contribution in [0.1, 0.15) is 34.7 Å². The molecular weight excluding hydrogens is 370 g/mol. The van der Waals surface area contributed by atoms with Crippen molar-refractivity contribution >= 4 is 17.5 Å². The van der Waals surface area contributed by atoms with Crippen LogP contribution < -0.4 is 5.32 Å². The molecule has 9 nitrogen and oxygen atoms in total. The summed E-state index contributed by atoms with van der Waals surface area (Å²) in [6.45, 7) is 5.93. The van der Waals surface area contributed by atoms with Crippen molar-refractivity contribution in [1.29, 1.82) is 0 Å². The van der Waals surface area contributed by atoms with E-state index in [1.54, 1.807) is 33.7 Å². The Kier molecular flexibility index (Phi) is 5.28. The maximum Gasteiger partial charge on any atom is 0.274 e. The fourth-order valence-corrected chi connectivity index (χ4v) is 3.80. The number of likely N-dealkylation sites (tertiary alicyclic amines) is 1. The molecule has 1 aliphatic heterocycles. The fraction of sp³-hybridized carbons (Fsp3) is 0.450. The van der Waals surface area contributed by atoms with Gasteiger partial charge in [0, 0.05) is 43.8 Å². The third-order valence-electron chi connectivity index (χ3n) is 5.25. The van der Waals surface area contributed by atoms with E-state index in [0.29, 0.717) is 31.0 Å². The van der Waals surface area contributed by atoms with Gasteiger partial charge in [-0.05, 0) is 44.7 Å². The van der Waals surface area contributed by atoms with Crippen molar-refractivity contribution in [3.63, 3.8) is 0 Å². The highest BCUT2D eigenvalue weighted by molar-refractivity contribution is 5.93. The summed E-state index contributed by atoms with van der Waals surface area (Å²) in [5, 5.41) is 11.6. The van der Waals surface area contributed by atoms with Crippen LogP contribution in [-0.4, -0.2) is 60.7 Å². The van der Waals surface area contributed by atoms with Gasteiger partial charge in [-0.3, -0.25) is 14.3 Å². The molecule has 0 unspecified atom stereocenters. The lowest BCUT2D eigenvalue weighted by molar-refractivity contribution is -0.122. The summed E-state index contributed by atoms with van der Waals surface area (Å²) in [6.07, 6.45) is 5.35. The van der Waals surface area contributed by atoms with Gasteiger partial charge < -0.3 is 10.2 Å². The van der Waals surface area contributed by atoms with Crippen LogP contribution in [0, 0.1) is 19.8 Å². The van der Waals surface area contributed by atoms with Crippen LogP contribution in [0.4, 0.5) is 0 Å². The Bertz CT molecular complexity index is 1010. The van der Waals surface area contributed by atoms with Crippen LogP contribution >= 0.6 is 0 Å². The third-order valence-corrected chi connectivity index (χ3v) is 5.25. The molecule has 0 bridgehead atoms. The van der Waals surface area contributed by atoms with Gasteiger partial charge in [-0.2, -0.15) is 10.2 Å². The van der Waals surface area contributed by atoms with Crippen LogP contribution in [0.5, 0.6) is 0 Å². The molecule has 0 spiro atoms. The van der Waals surface area contributed by atoms with Gasteiger partial charge in [-0.25, -0.2) is 9.50 Å². The molecule has 0 saturated carbocycles. The minimum absolute atomic E-state index is 0.0638. The van der Waals surface area contributed by atoms with Crippen molar-refractivity contribution in [3.05, 3.63) is 47.7 Å². The molecule has 0 aromatic carbocycles. The van der Waals surface area contributed by atoms with Crippen LogP contribution in [0.25, 0.3) is 5.65 Å². The van der Waals surface area contributed by atoms with E-state index in [0.717, 1.165) is 24.2 Å². The molecule has 1 atom stereocenters. The van der Waals surface area contributed by atoms with Crippen molar-refractivity contribution in [1.82, 2.24) is 34.6 Å². The van der Waals surface area contributed by atoms with Gasteiger partial charge in [0.05, 0.1) is 5.69 Å². The van der Waals surface area contributed by atoms with Crippen LogP contribution in [0.3, 0.4) is 0 Å². The number of amides is 2. The standard InChI is InChI=1S/C20H25N7O2/c1-14-9-15(2)27(23-14)13-19(28)22-11-16-5-3-7-25(12-16)20(29)17-10-18-21-6-4-8-26(18)24-17/h4,6,8-10,16H,3,5,7,11-13H2,1-2H3,(H,22,28)/t16-/m1/s1. The molecular formula is C20H25N7O2. The van der Waals surface area contributed by atoms with Crippen LogP contribution in [0.2, 0.25) is 0 Å². The highest BCUT2D eigenvalue weighted by atomic mass is 16.2. The number of rotatable bonds is 5. The first-order valence-electron chi connectivity index (χ1n) is 9.87. The summed E-state index contributed by atoms with van der Waals surface area (Å²) < 4.78 is 3.31. The van der Waals surface area contributed by atoms with Gasteiger partial charge in [0.25, 0.3) is 5.91 Å². The number of carbonyl (C=O) groups excluding carboxylic acids is 2. The number of piperidine rings is 1. The number of fused-ring (bicyclic) bond motifs is 1. The monoisotopic (exact) mass is 395 g/mol. The molecule has 152 valence electrons. The van der Waals surface area contributed by atoms with Crippen LogP contribution in [0.15, 0.2) is 30.6 Å². The zero-order chi connectivity index (χ0) is 20.4. The predicted molar refractivity (Wildman–Crippen MR) is 106 cm³/mol. The Labute approximate surface area is 168 Å². The van der Waals surface area contributed by atoms with E-state index in [-0.39, 0.29) is 24.3 Å². The average Bonchev–Trinajstić information content (AvgIpc) is 3.28. The highest BCUT2D eigenvalue weighted by Gasteiger charge is 2.26. The predicted octanol–water partition coefficient (Wildman–Crippen LogP) is 1.21. The maximum absolute atomic E-state index is 12.9. The lowest BCUT2D eigenvalue weighted by atomic mass is 9.97. The van der Waals surface area contributed by atoms with Gasteiger partial charge in [0.15, 0.2) is 11.3 Å². The van der Waals surface area contributed by atoms with E-state index in [1.807, 2.05) is 24.8 Å². The number of hydrogen-bond donors (Lipinski definition) is 1. The summed E-state index contributed by atoms with van der Waals surface area (Å²) >= 11 is 0. The molecule has 1 saturated heterocycles. The Morgan fingerprint density at radius 1 is 1.24 bits per heavy atom. The van der Waals surface area contributed by atoms with E-state index >= 15 is 0 Å². The van der Waals surface area contributed by atoms with E-state index in [1.165, 1.54) is 0 Å². The first-order valence-corrected chi connectivity index (χ1v) is 9.87. The first-order chi connectivity index (χ1) is 14.0. The van der Waals surface area contributed by atoms with Gasteiger partial charge in [-0.15, -0.1) is 0 Å². The van der Waals surface area contributed by atoms with E-state index in [9.17, 15) is 9.59 Å². The molecule has 0 radical (unpaired) electrons. The highest BCUT2D eigenvalue weighted by Crippen LogP contribution is 2.18. The number of nitrogens with one attached hydrogen (secondary N) is 1. The number of aryl methyl sites for hydroxylation is 2. The molecule has 3 aromatic rings. The molecule has 3 aromatic heterocycles. The Hall–Kier alpha value is -3.23. The van der Waals surface area contributed by atoms with Gasteiger partial charge in [0.2, 0.25) is 5.91 Å². The molecule has 4 rings (SSSR count). The fourth-order valence-electron chi connectivity index (χ4n) is 3.80. The third kappa shape index (κ3) is 4.28. The van der Waals surface area contributed by atoms with E-state index in [4.69, 9.17) is 0 Å². The Morgan fingerprint density at radius 2 is 2.10 bits per heavy atom. The normalized spacial score (nSPS) is 16.9. The maximum atomic E-state index is 12.9. The summed E-state index contributed by atoms with van der Waals surface area (Å²) in [5.74, 6) is 0.0764. The SMILES string of the molecule is Cc1cc(C)n(CC(=O)NC[C@H]2CCCN(C(=O)c3cc4ncccn4n3)C2)n1. The molecule has 1 aliphatic rings. The second-order valence-corrected chi connectivity index (χ2v) is 7.60. The molecule has 0 aliphatic carbocycles. The largest absolute Gasteiger partial charge is 0.354 e. The molecule has 4 heterocycles. The zero-order valence-corrected chi connectivity index (χ0v) is 16.7. The van der Waals surface area contributed by atoms with Crippen LogP contribution in [-0.2, 0) is 11.3 Å². The van der Waals surface area contributed by atoms with Crippen molar-refractivity contribution < 1.29 is 9.59 Å². The molecule has 1 fully saturated rings. The molecule has 29 heavy (non-hydrogen) atoms. The summed E-state index contributed by atoms with van der Waals surface area (Å²) in [5.41, 5.74) is 2.92.